The number of rotatable bonds is 3. The Bertz CT molecular complexity index is 349. The Morgan fingerprint density at radius 3 is 2.89 bits per heavy atom. The number of likely N-dealkylation sites (N-methyl/N-ethyl adjacent to an activating group) is 1. The van der Waals surface area contributed by atoms with E-state index in [9.17, 15) is 9.90 Å². The number of likely N-dealkylation sites (tertiary alicyclic amines) is 1. The van der Waals surface area contributed by atoms with Crippen LogP contribution in [0.3, 0.4) is 0 Å². The molecule has 0 unspecified atom stereocenters. The number of nitrogens with zero attached hydrogens (tertiary/aromatic N) is 2. The minimum absolute atomic E-state index is 0.0197. The first-order valence-electron chi connectivity index (χ1n) is 6.96. The van der Waals surface area contributed by atoms with Crippen LogP contribution in [0.4, 0.5) is 0 Å². The van der Waals surface area contributed by atoms with E-state index in [0.717, 1.165) is 32.4 Å². The summed E-state index contributed by atoms with van der Waals surface area (Å²) in [7, 11) is 3.92. The summed E-state index contributed by atoms with van der Waals surface area (Å²) in [6.07, 6.45) is 5.54. The lowest BCUT2D eigenvalue weighted by Gasteiger charge is -2.42. The number of aliphatic hydroxyl groups is 1. The minimum Gasteiger partial charge on any atom is -0.388 e. The summed E-state index contributed by atoms with van der Waals surface area (Å²) in [5.41, 5.74) is -0.385. The second kappa shape index (κ2) is 6.03. The predicted molar refractivity (Wildman–Crippen MR) is 72.8 cm³/mol. The van der Waals surface area contributed by atoms with Gasteiger partial charge in [-0.3, -0.25) is 4.79 Å². The fourth-order valence-corrected chi connectivity index (χ4v) is 2.81. The van der Waals surface area contributed by atoms with E-state index in [2.05, 4.69) is 0 Å². The first kappa shape index (κ1) is 14.5. The normalized spacial score (nSPS) is 31.8. The number of amides is 1. The van der Waals surface area contributed by atoms with Crippen molar-refractivity contribution in [2.75, 3.05) is 40.3 Å². The molecule has 0 aromatic carbocycles. The third-order valence-electron chi connectivity index (χ3n) is 3.98. The summed E-state index contributed by atoms with van der Waals surface area (Å²) in [6.45, 7) is 2.52. The molecule has 2 heterocycles. The van der Waals surface area contributed by atoms with Crippen LogP contribution in [0.25, 0.3) is 0 Å². The molecule has 0 aromatic heterocycles. The topological polar surface area (TPSA) is 53.0 Å². The smallest absolute Gasteiger partial charge is 0.246 e. The maximum absolute atomic E-state index is 12.0. The van der Waals surface area contributed by atoms with E-state index in [1.54, 1.807) is 11.0 Å². The van der Waals surface area contributed by atoms with Gasteiger partial charge in [0.1, 0.15) is 6.10 Å². The summed E-state index contributed by atoms with van der Waals surface area (Å²) in [6, 6.07) is 0. The summed E-state index contributed by atoms with van der Waals surface area (Å²) < 4.78 is 5.72. The van der Waals surface area contributed by atoms with Crippen molar-refractivity contribution in [1.82, 2.24) is 9.80 Å². The van der Waals surface area contributed by atoms with Gasteiger partial charge < -0.3 is 19.6 Å². The number of aliphatic hydroxyl groups excluding tert-OH is 1. The molecule has 0 bridgehead atoms. The maximum Gasteiger partial charge on any atom is 0.246 e. The van der Waals surface area contributed by atoms with Gasteiger partial charge in [-0.05, 0) is 33.4 Å². The summed E-state index contributed by atoms with van der Waals surface area (Å²) in [5, 5.41) is 10.2. The van der Waals surface area contributed by atoms with Gasteiger partial charge in [0.25, 0.3) is 0 Å². The van der Waals surface area contributed by atoms with Crippen LogP contribution in [-0.2, 0) is 9.53 Å². The molecule has 108 valence electrons. The van der Waals surface area contributed by atoms with E-state index in [0.29, 0.717) is 13.1 Å². The van der Waals surface area contributed by atoms with Crippen molar-refractivity contribution in [3.63, 3.8) is 0 Å². The Hall–Kier alpha value is -0.910. The summed E-state index contributed by atoms with van der Waals surface area (Å²) >= 11 is 0. The zero-order chi connectivity index (χ0) is 13.9. The third kappa shape index (κ3) is 3.35. The molecule has 0 saturated carbocycles. The molecule has 0 aromatic rings. The van der Waals surface area contributed by atoms with Crippen molar-refractivity contribution >= 4 is 5.91 Å². The van der Waals surface area contributed by atoms with Gasteiger partial charge in [0.2, 0.25) is 5.91 Å². The molecule has 5 nitrogen and oxygen atoms in total. The zero-order valence-corrected chi connectivity index (χ0v) is 11.8. The Balaban J connectivity index is 1.87. The molecule has 2 aliphatic rings. The van der Waals surface area contributed by atoms with Crippen LogP contribution in [0.2, 0.25) is 0 Å². The van der Waals surface area contributed by atoms with Crippen molar-refractivity contribution in [2.24, 2.45) is 0 Å². The first-order chi connectivity index (χ1) is 9.03. The quantitative estimate of drug-likeness (QED) is 0.745. The molecule has 1 spiro atoms. The highest BCUT2D eigenvalue weighted by molar-refractivity contribution is 5.87. The SMILES string of the molecule is CN(C)C/C=C/C(=O)N1CC[C@]2(CCCO2)[C@H](O)C1. The van der Waals surface area contributed by atoms with E-state index in [-0.39, 0.29) is 11.5 Å². The fraction of sp³-hybridized carbons (Fsp3) is 0.786. The highest BCUT2D eigenvalue weighted by Crippen LogP contribution is 2.35. The monoisotopic (exact) mass is 268 g/mol. The number of carbonyl (C=O) groups excluding carboxylic acids is 1. The number of β-amino-alcohol motifs (C(OH)–C–C–N with tert-alkyl or cyclic N) is 1. The second-order valence-corrected chi connectivity index (χ2v) is 5.73. The standard InChI is InChI=1S/C14H24N2O3/c1-15(2)8-3-5-13(18)16-9-7-14(12(17)11-16)6-4-10-19-14/h3,5,12,17H,4,6-11H2,1-2H3/b5-3+/t12-,14-/m1/s1. The molecule has 19 heavy (non-hydrogen) atoms. The number of hydrogen-bond donors (Lipinski definition) is 1. The van der Waals surface area contributed by atoms with Gasteiger partial charge in [-0.15, -0.1) is 0 Å². The van der Waals surface area contributed by atoms with Gasteiger partial charge >= 0.3 is 0 Å². The molecular weight excluding hydrogens is 244 g/mol. The molecule has 0 aliphatic carbocycles. The molecule has 1 amide bonds. The molecule has 5 heteroatoms. The molecule has 2 rings (SSSR count). The summed E-state index contributed by atoms with van der Waals surface area (Å²) in [5.74, 6) is -0.0197. The van der Waals surface area contributed by atoms with Crippen LogP contribution in [-0.4, -0.2) is 72.9 Å². The third-order valence-corrected chi connectivity index (χ3v) is 3.98. The first-order valence-corrected chi connectivity index (χ1v) is 6.96. The molecule has 0 radical (unpaired) electrons. The van der Waals surface area contributed by atoms with Crippen LogP contribution in [0, 0.1) is 0 Å². The summed E-state index contributed by atoms with van der Waals surface area (Å²) in [4.78, 5) is 15.7. The fourth-order valence-electron chi connectivity index (χ4n) is 2.81. The van der Waals surface area contributed by atoms with Crippen molar-refractivity contribution in [1.29, 1.82) is 0 Å². The molecule has 1 N–H and O–H groups in total. The number of carbonyl (C=O) groups is 1. The minimum atomic E-state index is -0.560. The lowest BCUT2D eigenvalue weighted by atomic mass is 9.86. The van der Waals surface area contributed by atoms with E-state index in [4.69, 9.17) is 4.74 Å². The van der Waals surface area contributed by atoms with Crippen molar-refractivity contribution in [3.8, 4) is 0 Å². The Kier molecular flexibility index (Phi) is 4.60. The lowest BCUT2D eigenvalue weighted by molar-refractivity contribution is -0.148. The second-order valence-electron chi connectivity index (χ2n) is 5.73. The van der Waals surface area contributed by atoms with Gasteiger partial charge in [0.15, 0.2) is 0 Å². The number of ether oxygens (including phenoxy) is 1. The van der Waals surface area contributed by atoms with Gasteiger partial charge in [-0.2, -0.15) is 0 Å². The average Bonchev–Trinajstić information content (AvgIpc) is 2.82. The molecule has 2 aliphatic heterocycles. The molecule has 2 fully saturated rings. The van der Waals surface area contributed by atoms with Crippen LogP contribution >= 0.6 is 0 Å². The van der Waals surface area contributed by atoms with Crippen LogP contribution in [0.1, 0.15) is 19.3 Å². The van der Waals surface area contributed by atoms with Gasteiger partial charge in [-0.1, -0.05) is 6.08 Å². The molecular formula is C14H24N2O3. The van der Waals surface area contributed by atoms with Gasteiger partial charge in [0, 0.05) is 32.3 Å². The van der Waals surface area contributed by atoms with Crippen molar-refractivity contribution in [3.05, 3.63) is 12.2 Å². The highest BCUT2D eigenvalue weighted by Gasteiger charge is 2.46. The van der Waals surface area contributed by atoms with Crippen molar-refractivity contribution < 1.29 is 14.6 Å². The Labute approximate surface area is 114 Å². The largest absolute Gasteiger partial charge is 0.388 e. The Morgan fingerprint density at radius 2 is 2.32 bits per heavy atom. The lowest BCUT2D eigenvalue weighted by Crippen LogP contribution is -2.56. The average molecular weight is 268 g/mol. The highest BCUT2D eigenvalue weighted by atomic mass is 16.5. The van der Waals surface area contributed by atoms with Crippen LogP contribution in [0.5, 0.6) is 0 Å². The predicted octanol–water partition coefficient (Wildman–Crippen LogP) is 0.247. The van der Waals surface area contributed by atoms with E-state index in [1.165, 1.54) is 0 Å². The number of piperidine rings is 1. The number of hydrogen-bond acceptors (Lipinski definition) is 4. The van der Waals surface area contributed by atoms with Crippen LogP contribution in [0.15, 0.2) is 12.2 Å². The Morgan fingerprint density at radius 1 is 1.53 bits per heavy atom. The maximum atomic E-state index is 12.0. The van der Waals surface area contributed by atoms with Crippen molar-refractivity contribution in [2.45, 2.75) is 31.0 Å². The van der Waals surface area contributed by atoms with E-state index >= 15 is 0 Å². The van der Waals surface area contributed by atoms with Crippen LogP contribution < -0.4 is 0 Å². The zero-order valence-electron chi connectivity index (χ0n) is 11.8. The molecule has 2 saturated heterocycles. The van der Waals surface area contributed by atoms with E-state index in [1.807, 2.05) is 25.1 Å². The van der Waals surface area contributed by atoms with E-state index < -0.39 is 6.10 Å². The van der Waals surface area contributed by atoms with Gasteiger partial charge in [-0.25, -0.2) is 0 Å². The molecule has 2 atom stereocenters. The van der Waals surface area contributed by atoms with Gasteiger partial charge in [0.05, 0.1) is 5.60 Å².